The van der Waals surface area contributed by atoms with Gasteiger partial charge in [0, 0.05) is 34.3 Å². The zero-order valence-corrected chi connectivity index (χ0v) is 19.6. The summed E-state index contributed by atoms with van der Waals surface area (Å²) in [6.07, 6.45) is 0.0540. The summed E-state index contributed by atoms with van der Waals surface area (Å²) in [7, 11) is -3.30. The monoisotopic (exact) mass is 482 g/mol. The molecule has 0 bridgehead atoms. The molecule has 2 unspecified atom stereocenters. The van der Waals surface area contributed by atoms with Gasteiger partial charge in [0.25, 0.3) is 0 Å². The summed E-state index contributed by atoms with van der Waals surface area (Å²) in [5.41, 5.74) is 2.88. The van der Waals surface area contributed by atoms with Crippen LogP contribution in [0.15, 0.2) is 36.4 Å². The van der Waals surface area contributed by atoms with Crippen LogP contribution in [-0.4, -0.2) is 31.7 Å². The van der Waals surface area contributed by atoms with Crippen LogP contribution in [0.25, 0.3) is 0 Å². The first-order valence-electron chi connectivity index (χ1n) is 9.85. The van der Waals surface area contributed by atoms with Crippen LogP contribution in [0.1, 0.15) is 24.0 Å². The third-order valence-electron chi connectivity index (χ3n) is 5.42. The fourth-order valence-corrected chi connectivity index (χ4v) is 6.53. The van der Waals surface area contributed by atoms with Crippen molar-refractivity contribution in [2.24, 2.45) is 11.8 Å². The predicted molar refractivity (Wildman–Crippen MR) is 125 cm³/mol. The highest BCUT2D eigenvalue weighted by Gasteiger charge is 2.39. The average molecular weight is 483 g/mol. The van der Waals surface area contributed by atoms with Crippen molar-refractivity contribution in [2.45, 2.75) is 26.7 Å². The lowest BCUT2D eigenvalue weighted by Gasteiger charge is -2.18. The van der Waals surface area contributed by atoms with E-state index in [9.17, 15) is 18.0 Å². The Bertz CT molecular complexity index is 1040. The fourth-order valence-electron chi connectivity index (χ4n) is 3.86. The maximum Gasteiger partial charge on any atom is 0.224 e. The summed E-state index contributed by atoms with van der Waals surface area (Å²) in [5.74, 6) is -1.61. The first kappa shape index (κ1) is 23.6. The van der Waals surface area contributed by atoms with Gasteiger partial charge in [-0.15, -0.1) is 0 Å². The molecule has 31 heavy (non-hydrogen) atoms. The minimum absolute atomic E-state index is 0.0270. The number of halogens is 2. The zero-order valence-electron chi connectivity index (χ0n) is 17.2. The average Bonchev–Trinajstić information content (AvgIpc) is 2.92. The van der Waals surface area contributed by atoms with E-state index < -0.39 is 21.7 Å². The van der Waals surface area contributed by atoms with E-state index >= 15 is 0 Å². The van der Waals surface area contributed by atoms with Gasteiger partial charge in [-0.2, -0.15) is 0 Å². The van der Waals surface area contributed by atoms with Gasteiger partial charge in [0.15, 0.2) is 9.84 Å². The molecule has 2 amide bonds. The van der Waals surface area contributed by atoms with E-state index in [1.165, 1.54) is 0 Å². The lowest BCUT2D eigenvalue weighted by molar-refractivity contribution is -0.119. The second kappa shape index (κ2) is 9.59. The minimum atomic E-state index is -3.30. The van der Waals surface area contributed by atoms with Crippen LogP contribution in [-0.2, 0) is 19.4 Å². The molecule has 1 fully saturated rings. The van der Waals surface area contributed by atoms with Crippen molar-refractivity contribution in [2.75, 3.05) is 22.1 Å². The van der Waals surface area contributed by atoms with E-state index in [-0.39, 0.29) is 36.2 Å². The van der Waals surface area contributed by atoms with Crippen LogP contribution in [0, 0.1) is 25.7 Å². The Morgan fingerprint density at radius 1 is 0.839 bits per heavy atom. The van der Waals surface area contributed by atoms with E-state index in [1.54, 1.807) is 36.4 Å². The Hall–Kier alpha value is -2.09. The van der Waals surface area contributed by atoms with Gasteiger partial charge in [-0.05, 0) is 73.2 Å². The number of anilines is 2. The number of nitrogens with one attached hydrogen (secondary N) is 2. The van der Waals surface area contributed by atoms with E-state index in [1.807, 2.05) is 13.8 Å². The highest BCUT2D eigenvalue weighted by atomic mass is 35.5. The highest BCUT2D eigenvalue weighted by molar-refractivity contribution is 7.91. The lowest BCUT2D eigenvalue weighted by Crippen LogP contribution is -2.25. The number of sulfone groups is 1. The maximum atomic E-state index is 12.6. The van der Waals surface area contributed by atoms with Crippen LogP contribution in [0.4, 0.5) is 11.4 Å². The molecule has 1 saturated heterocycles. The predicted octanol–water partition coefficient (Wildman–Crippen LogP) is 4.63. The van der Waals surface area contributed by atoms with E-state index in [4.69, 9.17) is 23.2 Å². The molecule has 0 saturated carbocycles. The standard InChI is InChI=1S/C22H24Cl2N2O4S/c1-13-7-17(23)3-5-19(13)25-21(27)9-15-11-31(29,30)12-16(15)10-22(28)26-20-6-4-18(24)8-14(20)2/h3-8,15-16H,9-12H2,1-2H3,(H,25,27)(H,26,28). The van der Waals surface area contributed by atoms with Gasteiger partial charge < -0.3 is 10.6 Å². The SMILES string of the molecule is Cc1cc(Cl)ccc1NC(=O)CC1CS(=O)(=O)CC1CC(=O)Nc1ccc(Cl)cc1C. The van der Waals surface area contributed by atoms with Gasteiger partial charge in [-0.25, -0.2) is 8.42 Å². The first-order chi connectivity index (χ1) is 14.5. The van der Waals surface area contributed by atoms with Crippen molar-refractivity contribution in [3.8, 4) is 0 Å². The van der Waals surface area contributed by atoms with Crippen LogP contribution in [0.3, 0.4) is 0 Å². The Morgan fingerprint density at radius 3 is 1.58 bits per heavy atom. The summed E-state index contributed by atoms with van der Waals surface area (Å²) < 4.78 is 24.4. The molecular formula is C22H24Cl2N2O4S. The Labute approximate surface area is 192 Å². The molecular weight excluding hydrogens is 459 g/mol. The molecule has 1 aliphatic rings. The topological polar surface area (TPSA) is 92.3 Å². The van der Waals surface area contributed by atoms with Gasteiger partial charge in [-0.1, -0.05) is 23.2 Å². The third-order valence-corrected chi connectivity index (χ3v) is 7.77. The second-order valence-electron chi connectivity index (χ2n) is 8.02. The Balaban J connectivity index is 1.64. The molecule has 0 radical (unpaired) electrons. The van der Waals surface area contributed by atoms with Crippen molar-refractivity contribution in [1.29, 1.82) is 0 Å². The largest absolute Gasteiger partial charge is 0.326 e. The molecule has 166 valence electrons. The summed E-state index contributed by atoms with van der Waals surface area (Å²) in [5, 5.41) is 6.76. The number of aryl methyl sites for hydroxylation is 2. The molecule has 1 heterocycles. The number of amides is 2. The van der Waals surface area contributed by atoms with E-state index in [0.29, 0.717) is 21.4 Å². The molecule has 0 spiro atoms. The van der Waals surface area contributed by atoms with Crippen LogP contribution in [0.2, 0.25) is 10.0 Å². The van der Waals surface area contributed by atoms with Crippen molar-refractivity contribution in [3.05, 3.63) is 57.6 Å². The molecule has 6 nitrogen and oxygen atoms in total. The first-order valence-corrected chi connectivity index (χ1v) is 12.4. The van der Waals surface area contributed by atoms with Crippen molar-refractivity contribution in [3.63, 3.8) is 0 Å². The zero-order chi connectivity index (χ0) is 22.8. The number of carbonyl (C=O) groups excluding carboxylic acids is 2. The van der Waals surface area contributed by atoms with Gasteiger partial charge in [0.2, 0.25) is 11.8 Å². The van der Waals surface area contributed by atoms with Crippen LogP contribution < -0.4 is 10.6 Å². The molecule has 2 N–H and O–H groups in total. The molecule has 2 aromatic carbocycles. The fraction of sp³-hybridized carbons (Fsp3) is 0.364. The summed E-state index contributed by atoms with van der Waals surface area (Å²) in [4.78, 5) is 25.1. The number of benzene rings is 2. The van der Waals surface area contributed by atoms with Crippen molar-refractivity contribution >= 4 is 56.2 Å². The molecule has 2 atom stereocenters. The Kier molecular flexibility index (Phi) is 7.29. The van der Waals surface area contributed by atoms with E-state index in [0.717, 1.165) is 11.1 Å². The lowest BCUT2D eigenvalue weighted by atomic mass is 9.89. The highest BCUT2D eigenvalue weighted by Crippen LogP contribution is 2.32. The van der Waals surface area contributed by atoms with E-state index in [2.05, 4.69) is 10.6 Å². The van der Waals surface area contributed by atoms with Crippen molar-refractivity contribution in [1.82, 2.24) is 0 Å². The maximum absolute atomic E-state index is 12.6. The van der Waals surface area contributed by atoms with Crippen LogP contribution in [0.5, 0.6) is 0 Å². The van der Waals surface area contributed by atoms with Gasteiger partial charge in [0.05, 0.1) is 11.5 Å². The number of carbonyl (C=O) groups is 2. The summed E-state index contributed by atoms with van der Waals surface area (Å²) in [6.45, 7) is 3.65. The Morgan fingerprint density at radius 2 is 1.23 bits per heavy atom. The molecule has 3 rings (SSSR count). The molecule has 0 aliphatic carbocycles. The third kappa shape index (κ3) is 6.45. The van der Waals surface area contributed by atoms with Crippen molar-refractivity contribution < 1.29 is 18.0 Å². The van der Waals surface area contributed by atoms with Crippen LogP contribution >= 0.6 is 23.2 Å². The van der Waals surface area contributed by atoms with Gasteiger partial charge >= 0.3 is 0 Å². The normalized spacial score (nSPS) is 19.7. The second-order valence-corrected chi connectivity index (χ2v) is 11.0. The quantitative estimate of drug-likeness (QED) is 0.627. The number of hydrogen-bond acceptors (Lipinski definition) is 4. The molecule has 2 aromatic rings. The summed E-state index contributed by atoms with van der Waals surface area (Å²) >= 11 is 11.9. The number of rotatable bonds is 6. The number of hydrogen-bond donors (Lipinski definition) is 2. The smallest absolute Gasteiger partial charge is 0.224 e. The molecule has 0 aromatic heterocycles. The van der Waals surface area contributed by atoms with Gasteiger partial charge in [-0.3, -0.25) is 9.59 Å². The van der Waals surface area contributed by atoms with Gasteiger partial charge in [0.1, 0.15) is 0 Å². The molecule has 1 aliphatic heterocycles. The minimum Gasteiger partial charge on any atom is -0.326 e. The molecule has 9 heteroatoms. The summed E-state index contributed by atoms with van der Waals surface area (Å²) in [6, 6.07) is 10.2.